The summed E-state index contributed by atoms with van der Waals surface area (Å²) in [5.74, 6) is -0.530. The van der Waals surface area contributed by atoms with Gasteiger partial charge in [0.25, 0.3) is 5.91 Å². The molecule has 4 rings (SSSR count). The second kappa shape index (κ2) is 7.71. The van der Waals surface area contributed by atoms with Gasteiger partial charge in [0.1, 0.15) is 6.10 Å². The van der Waals surface area contributed by atoms with E-state index in [0.29, 0.717) is 12.2 Å². The Bertz CT molecular complexity index is 1020. The second-order valence-corrected chi connectivity index (χ2v) is 6.74. The van der Waals surface area contributed by atoms with Crippen molar-refractivity contribution in [3.63, 3.8) is 0 Å². The Morgan fingerprint density at radius 2 is 1.86 bits per heavy atom. The number of nitrogens with one attached hydrogen (secondary N) is 1. The first-order valence-electron chi connectivity index (χ1n) is 9.07. The Morgan fingerprint density at radius 1 is 1.14 bits per heavy atom. The number of ether oxygens (including phenoxy) is 1. The van der Waals surface area contributed by atoms with Crippen LogP contribution in [0.3, 0.4) is 0 Å². The number of alkyl halides is 3. The maximum Gasteiger partial charge on any atom is 0.416 e. The zero-order chi connectivity index (χ0) is 20.4. The Kier molecular flexibility index (Phi) is 5.10. The van der Waals surface area contributed by atoms with Crippen LogP contribution in [0.25, 0.3) is 0 Å². The summed E-state index contributed by atoms with van der Waals surface area (Å²) >= 11 is 0. The topological polar surface area (TPSA) is 56.2 Å². The van der Waals surface area contributed by atoms with E-state index in [1.165, 1.54) is 18.2 Å². The van der Waals surface area contributed by atoms with E-state index in [2.05, 4.69) is 10.3 Å². The van der Waals surface area contributed by atoms with Gasteiger partial charge in [-0.3, -0.25) is 4.79 Å². The predicted molar refractivity (Wildman–Crippen MR) is 98.8 cm³/mol. The molecule has 0 saturated carbocycles. The average Bonchev–Trinajstić information content (AvgIpc) is 3.15. The SMILES string of the molecule is O=C(NCc1ccccc1C(F)(F)F)c1ncn2c1CO[C@@H](c1ccccc1)C2. The molecule has 2 aromatic carbocycles. The molecule has 0 fully saturated rings. The van der Waals surface area contributed by atoms with Crippen LogP contribution in [-0.4, -0.2) is 15.5 Å². The van der Waals surface area contributed by atoms with Gasteiger partial charge in [0.05, 0.1) is 30.7 Å². The third-order valence-corrected chi connectivity index (χ3v) is 4.88. The number of aromatic nitrogens is 2. The standard InChI is InChI=1S/C21H18F3N3O2/c22-21(23,24)16-9-5-4-8-15(16)10-25-20(28)19-17-12-29-18(11-27(17)13-26-19)14-6-2-1-3-7-14/h1-9,13,18H,10-12H2,(H,25,28)/t18-/m1/s1. The summed E-state index contributed by atoms with van der Waals surface area (Å²) in [6.45, 7) is 0.465. The molecule has 1 atom stereocenters. The summed E-state index contributed by atoms with van der Waals surface area (Å²) in [6, 6.07) is 14.9. The maximum absolute atomic E-state index is 13.1. The monoisotopic (exact) mass is 401 g/mol. The fraction of sp³-hybridized carbons (Fsp3) is 0.238. The van der Waals surface area contributed by atoms with Gasteiger partial charge in [0.15, 0.2) is 5.69 Å². The summed E-state index contributed by atoms with van der Waals surface area (Å²) in [5.41, 5.74) is 1.05. The van der Waals surface area contributed by atoms with Gasteiger partial charge in [-0.1, -0.05) is 48.5 Å². The molecule has 1 amide bonds. The van der Waals surface area contributed by atoms with Gasteiger partial charge in [0.2, 0.25) is 0 Å². The lowest BCUT2D eigenvalue weighted by atomic mass is 10.1. The van der Waals surface area contributed by atoms with Gasteiger partial charge in [-0.05, 0) is 17.2 Å². The Hall–Kier alpha value is -3.13. The molecule has 0 bridgehead atoms. The number of carbonyl (C=O) groups is 1. The normalized spacial score (nSPS) is 16.3. The van der Waals surface area contributed by atoms with Gasteiger partial charge >= 0.3 is 6.18 Å². The van der Waals surface area contributed by atoms with Gasteiger partial charge in [-0.2, -0.15) is 13.2 Å². The fourth-order valence-electron chi connectivity index (χ4n) is 3.40. The van der Waals surface area contributed by atoms with Gasteiger partial charge in [-0.15, -0.1) is 0 Å². The quantitative estimate of drug-likeness (QED) is 0.716. The van der Waals surface area contributed by atoms with Crippen molar-refractivity contribution in [3.05, 3.63) is 89.0 Å². The summed E-state index contributed by atoms with van der Waals surface area (Å²) in [7, 11) is 0. The molecule has 29 heavy (non-hydrogen) atoms. The van der Waals surface area contributed by atoms with Gasteiger partial charge in [0, 0.05) is 6.54 Å². The molecule has 150 valence electrons. The summed E-state index contributed by atoms with van der Waals surface area (Å²) in [6.07, 6.45) is -3.06. The number of halogens is 3. The van der Waals surface area contributed by atoms with Crippen LogP contribution in [0.5, 0.6) is 0 Å². The van der Waals surface area contributed by atoms with Crippen LogP contribution in [0.2, 0.25) is 0 Å². The van der Waals surface area contributed by atoms with Crippen LogP contribution in [0.4, 0.5) is 13.2 Å². The zero-order valence-corrected chi connectivity index (χ0v) is 15.3. The van der Waals surface area contributed by atoms with E-state index in [-0.39, 0.29) is 30.5 Å². The molecule has 0 spiro atoms. The number of hydrogen-bond donors (Lipinski definition) is 1. The molecule has 0 radical (unpaired) electrons. The minimum absolute atomic E-state index is 0.00168. The highest BCUT2D eigenvalue weighted by Crippen LogP contribution is 2.32. The molecule has 1 aliphatic heterocycles. The van der Waals surface area contributed by atoms with E-state index < -0.39 is 17.6 Å². The van der Waals surface area contributed by atoms with Gasteiger partial charge < -0.3 is 14.6 Å². The highest BCUT2D eigenvalue weighted by atomic mass is 19.4. The highest BCUT2D eigenvalue weighted by molar-refractivity contribution is 5.93. The number of carbonyl (C=O) groups excluding carboxylic acids is 1. The number of hydrogen-bond acceptors (Lipinski definition) is 3. The van der Waals surface area contributed by atoms with Crippen LogP contribution in [0.15, 0.2) is 60.9 Å². The number of imidazole rings is 1. The summed E-state index contributed by atoms with van der Waals surface area (Å²) < 4.78 is 47.0. The Balaban J connectivity index is 1.46. The molecule has 1 aliphatic rings. The van der Waals surface area contributed by atoms with Crippen molar-refractivity contribution >= 4 is 5.91 Å². The minimum atomic E-state index is -4.48. The van der Waals surface area contributed by atoms with Crippen molar-refractivity contribution in [2.45, 2.75) is 32.0 Å². The van der Waals surface area contributed by atoms with Crippen LogP contribution in [0, 0.1) is 0 Å². The van der Waals surface area contributed by atoms with Crippen LogP contribution in [0.1, 0.15) is 39.0 Å². The van der Waals surface area contributed by atoms with Crippen molar-refractivity contribution in [2.75, 3.05) is 0 Å². The molecule has 8 heteroatoms. The lowest BCUT2D eigenvalue weighted by molar-refractivity contribution is -0.138. The van der Waals surface area contributed by atoms with Crippen molar-refractivity contribution in [1.29, 1.82) is 0 Å². The lowest BCUT2D eigenvalue weighted by Gasteiger charge is -2.25. The first-order chi connectivity index (χ1) is 13.9. The van der Waals surface area contributed by atoms with E-state index >= 15 is 0 Å². The van der Waals surface area contributed by atoms with Crippen LogP contribution in [-0.2, 0) is 30.6 Å². The van der Waals surface area contributed by atoms with E-state index in [0.717, 1.165) is 11.6 Å². The summed E-state index contributed by atoms with van der Waals surface area (Å²) in [4.78, 5) is 16.7. The smallest absolute Gasteiger partial charge is 0.365 e. The molecule has 0 unspecified atom stereocenters. The number of fused-ring (bicyclic) bond motifs is 1. The first kappa shape index (κ1) is 19.2. The van der Waals surface area contributed by atoms with Crippen LogP contribution < -0.4 is 5.32 Å². The third-order valence-electron chi connectivity index (χ3n) is 4.88. The van der Waals surface area contributed by atoms with Crippen molar-refractivity contribution in [3.8, 4) is 0 Å². The average molecular weight is 401 g/mol. The number of rotatable bonds is 4. The second-order valence-electron chi connectivity index (χ2n) is 6.74. The van der Waals surface area contributed by atoms with Crippen molar-refractivity contribution < 1.29 is 22.7 Å². The molecule has 3 aromatic rings. The van der Waals surface area contributed by atoms with E-state index in [4.69, 9.17) is 4.74 Å². The minimum Gasteiger partial charge on any atom is -0.365 e. The molecule has 1 aromatic heterocycles. The highest BCUT2D eigenvalue weighted by Gasteiger charge is 2.33. The number of benzene rings is 2. The molecule has 0 aliphatic carbocycles. The molecule has 2 heterocycles. The fourth-order valence-corrected chi connectivity index (χ4v) is 3.40. The largest absolute Gasteiger partial charge is 0.416 e. The van der Waals surface area contributed by atoms with E-state index in [1.54, 1.807) is 6.33 Å². The molecule has 5 nitrogen and oxygen atoms in total. The maximum atomic E-state index is 13.1. The predicted octanol–water partition coefficient (Wildman–Crippen LogP) is 4.10. The number of nitrogens with zero attached hydrogens (tertiary/aromatic N) is 2. The van der Waals surface area contributed by atoms with Crippen LogP contribution >= 0.6 is 0 Å². The zero-order valence-electron chi connectivity index (χ0n) is 15.3. The first-order valence-corrected chi connectivity index (χ1v) is 9.07. The third kappa shape index (κ3) is 4.02. The van der Waals surface area contributed by atoms with E-state index in [1.807, 2.05) is 34.9 Å². The van der Waals surface area contributed by atoms with Crippen molar-refractivity contribution in [1.82, 2.24) is 14.9 Å². The molecule has 1 N–H and O–H groups in total. The number of amides is 1. The lowest BCUT2D eigenvalue weighted by Crippen LogP contribution is -2.28. The molecule has 0 saturated heterocycles. The summed E-state index contributed by atoms with van der Waals surface area (Å²) in [5, 5.41) is 2.54. The molecular formula is C21H18F3N3O2. The van der Waals surface area contributed by atoms with Crippen molar-refractivity contribution in [2.24, 2.45) is 0 Å². The molecular weight excluding hydrogens is 383 g/mol. The van der Waals surface area contributed by atoms with Gasteiger partial charge in [-0.25, -0.2) is 4.98 Å². The Labute approximate surface area is 165 Å². The Morgan fingerprint density at radius 3 is 2.62 bits per heavy atom. The van der Waals surface area contributed by atoms with E-state index in [9.17, 15) is 18.0 Å².